The van der Waals surface area contributed by atoms with E-state index in [1.54, 1.807) is 6.92 Å². The molecule has 1 aromatic heterocycles. The maximum atomic E-state index is 11.0. The maximum absolute atomic E-state index is 11.0. The third-order valence-electron chi connectivity index (χ3n) is 3.13. The summed E-state index contributed by atoms with van der Waals surface area (Å²) in [7, 11) is 0. The second-order valence-electron chi connectivity index (χ2n) is 4.51. The fourth-order valence-electron chi connectivity index (χ4n) is 2.21. The first-order valence-corrected chi connectivity index (χ1v) is 6.60. The first-order chi connectivity index (χ1) is 9.08. The molecule has 2 rings (SSSR count). The van der Waals surface area contributed by atoms with E-state index in [-0.39, 0.29) is 22.5 Å². The molecule has 0 unspecified atom stereocenters. The number of hydrogen-bond acceptors (Lipinski definition) is 6. The highest BCUT2D eigenvalue weighted by Gasteiger charge is 2.21. The van der Waals surface area contributed by atoms with Crippen LogP contribution in [0.15, 0.2) is 0 Å². The summed E-state index contributed by atoms with van der Waals surface area (Å²) >= 11 is 5.74. The fourth-order valence-corrected chi connectivity index (χ4v) is 2.42. The lowest BCUT2D eigenvalue weighted by molar-refractivity contribution is -0.385. The molecule has 1 aliphatic rings. The molecule has 1 saturated heterocycles. The molecule has 19 heavy (non-hydrogen) atoms. The van der Waals surface area contributed by atoms with Crippen molar-refractivity contribution in [3.8, 4) is 0 Å². The average molecular weight is 286 g/mol. The molecule has 2 heterocycles. The Balaban J connectivity index is 2.03. The Hall–Kier alpha value is -1.47. The number of nitro groups is 1. The van der Waals surface area contributed by atoms with Gasteiger partial charge in [-0.05, 0) is 44.5 Å². The van der Waals surface area contributed by atoms with Crippen LogP contribution in [0.1, 0.15) is 18.5 Å². The minimum Gasteiger partial charge on any atom is -0.363 e. The summed E-state index contributed by atoms with van der Waals surface area (Å²) in [4.78, 5) is 20.5. The standard InChI is InChI=1S/C11H16ClN5O2/c1-8-9(17(18)19)10(15-11(12)14-8)13-4-7-16-5-2-3-6-16/h2-7H2,1H3,(H,13,14,15). The monoisotopic (exact) mass is 285 g/mol. The third kappa shape index (κ3) is 3.51. The van der Waals surface area contributed by atoms with Gasteiger partial charge in [0, 0.05) is 13.1 Å². The Labute approximate surface area is 116 Å². The lowest BCUT2D eigenvalue weighted by atomic mass is 10.3. The molecule has 0 amide bonds. The summed E-state index contributed by atoms with van der Waals surface area (Å²) in [6, 6.07) is 0. The zero-order valence-electron chi connectivity index (χ0n) is 10.7. The molecule has 8 heteroatoms. The highest BCUT2D eigenvalue weighted by molar-refractivity contribution is 6.28. The fraction of sp³-hybridized carbons (Fsp3) is 0.636. The molecule has 0 bridgehead atoms. The summed E-state index contributed by atoms with van der Waals surface area (Å²) in [5, 5.41) is 14.0. The molecule has 0 spiro atoms. The Bertz CT molecular complexity index is 476. The van der Waals surface area contributed by atoms with Gasteiger partial charge in [0.05, 0.1) is 4.92 Å². The van der Waals surface area contributed by atoms with Gasteiger partial charge >= 0.3 is 5.69 Å². The first kappa shape index (κ1) is 14.0. The van der Waals surface area contributed by atoms with Crippen LogP contribution in [-0.4, -0.2) is 46.0 Å². The number of nitrogens with zero attached hydrogens (tertiary/aromatic N) is 4. The van der Waals surface area contributed by atoms with Crippen molar-refractivity contribution in [3.05, 3.63) is 21.1 Å². The second kappa shape index (κ2) is 6.12. The van der Waals surface area contributed by atoms with Gasteiger partial charge in [0.25, 0.3) is 0 Å². The van der Waals surface area contributed by atoms with Crippen molar-refractivity contribution < 1.29 is 4.92 Å². The molecule has 1 fully saturated rings. The van der Waals surface area contributed by atoms with Crippen molar-refractivity contribution in [2.24, 2.45) is 0 Å². The van der Waals surface area contributed by atoms with Crippen molar-refractivity contribution in [1.82, 2.24) is 14.9 Å². The largest absolute Gasteiger partial charge is 0.363 e. The maximum Gasteiger partial charge on any atom is 0.332 e. The van der Waals surface area contributed by atoms with Crippen LogP contribution in [0.2, 0.25) is 5.28 Å². The van der Waals surface area contributed by atoms with Gasteiger partial charge in [-0.3, -0.25) is 10.1 Å². The molecule has 1 N–H and O–H groups in total. The zero-order chi connectivity index (χ0) is 13.8. The van der Waals surface area contributed by atoms with Crippen molar-refractivity contribution >= 4 is 23.1 Å². The molecule has 1 aromatic rings. The number of nitrogens with one attached hydrogen (secondary N) is 1. The van der Waals surface area contributed by atoms with E-state index >= 15 is 0 Å². The molecule has 0 atom stereocenters. The van der Waals surface area contributed by atoms with E-state index in [0.717, 1.165) is 19.6 Å². The highest BCUT2D eigenvalue weighted by atomic mass is 35.5. The highest BCUT2D eigenvalue weighted by Crippen LogP contribution is 2.26. The number of aromatic nitrogens is 2. The number of hydrogen-bond donors (Lipinski definition) is 1. The van der Waals surface area contributed by atoms with Crippen LogP contribution < -0.4 is 5.32 Å². The van der Waals surface area contributed by atoms with E-state index in [9.17, 15) is 10.1 Å². The summed E-state index contributed by atoms with van der Waals surface area (Å²) in [6.45, 7) is 5.18. The molecule has 0 aromatic carbocycles. The van der Waals surface area contributed by atoms with Crippen LogP contribution in [-0.2, 0) is 0 Å². The number of aryl methyl sites for hydroxylation is 1. The minimum atomic E-state index is -0.482. The summed E-state index contributed by atoms with van der Waals surface area (Å²) < 4.78 is 0. The predicted molar refractivity (Wildman–Crippen MR) is 72.6 cm³/mol. The number of likely N-dealkylation sites (tertiary alicyclic amines) is 1. The predicted octanol–water partition coefficient (Wildman–Crippen LogP) is 1.85. The molecule has 1 aliphatic heterocycles. The summed E-state index contributed by atoms with van der Waals surface area (Å²) in [6.07, 6.45) is 2.44. The number of rotatable bonds is 5. The van der Waals surface area contributed by atoms with E-state index in [0.29, 0.717) is 6.54 Å². The van der Waals surface area contributed by atoms with Gasteiger partial charge in [-0.15, -0.1) is 0 Å². The van der Waals surface area contributed by atoms with Crippen molar-refractivity contribution in [2.75, 3.05) is 31.5 Å². The van der Waals surface area contributed by atoms with E-state index in [1.807, 2.05) is 0 Å². The summed E-state index contributed by atoms with van der Waals surface area (Å²) in [5.41, 5.74) is 0.166. The van der Waals surface area contributed by atoms with Gasteiger partial charge in [0.1, 0.15) is 5.69 Å². The molecule has 0 saturated carbocycles. The molecular weight excluding hydrogens is 270 g/mol. The Morgan fingerprint density at radius 3 is 2.74 bits per heavy atom. The molecule has 0 aliphatic carbocycles. The van der Waals surface area contributed by atoms with Gasteiger partial charge in [-0.2, -0.15) is 4.98 Å². The lowest BCUT2D eigenvalue weighted by Gasteiger charge is -2.15. The lowest BCUT2D eigenvalue weighted by Crippen LogP contribution is -2.26. The Kier molecular flexibility index (Phi) is 4.49. The molecule has 104 valence electrons. The smallest absolute Gasteiger partial charge is 0.332 e. The van der Waals surface area contributed by atoms with Crippen LogP contribution in [0.5, 0.6) is 0 Å². The topological polar surface area (TPSA) is 84.2 Å². The van der Waals surface area contributed by atoms with Gasteiger partial charge < -0.3 is 10.2 Å². The van der Waals surface area contributed by atoms with E-state index in [1.165, 1.54) is 12.8 Å². The zero-order valence-corrected chi connectivity index (χ0v) is 11.5. The van der Waals surface area contributed by atoms with Crippen LogP contribution in [0, 0.1) is 17.0 Å². The van der Waals surface area contributed by atoms with Gasteiger partial charge in [-0.1, -0.05) is 0 Å². The number of anilines is 1. The quantitative estimate of drug-likeness (QED) is 0.505. The van der Waals surface area contributed by atoms with E-state index < -0.39 is 4.92 Å². The Morgan fingerprint density at radius 2 is 2.11 bits per heavy atom. The van der Waals surface area contributed by atoms with Gasteiger partial charge in [0.2, 0.25) is 11.1 Å². The Morgan fingerprint density at radius 1 is 1.42 bits per heavy atom. The van der Waals surface area contributed by atoms with Crippen molar-refractivity contribution in [1.29, 1.82) is 0 Å². The van der Waals surface area contributed by atoms with Crippen LogP contribution >= 0.6 is 11.6 Å². The second-order valence-corrected chi connectivity index (χ2v) is 4.85. The van der Waals surface area contributed by atoms with Gasteiger partial charge in [-0.25, -0.2) is 4.98 Å². The minimum absolute atomic E-state index is 0.0202. The van der Waals surface area contributed by atoms with Crippen LogP contribution in [0.3, 0.4) is 0 Å². The molecular formula is C11H16ClN5O2. The first-order valence-electron chi connectivity index (χ1n) is 6.22. The summed E-state index contributed by atoms with van der Waals surface area (Å²) in [5.74, 6) is 0.196. The molecule has 0 radical (unpaired) electrons. The van der Waals surface area contributed by atoms with Gasteiger partial charge in [0.15, 0.2) is 0 Å². The SMILES string of the molecule is Cc1nc(Cl)nc(NCCN2CCCC2)c1[N+](=O)[O-]. The van der Waals surface area contributed by atoms with E-state index in [4.69, 9.17) is 11.6 Å². The third-order valence-corrected chi connectivity index (χ3v) is 3.30. The van der Waals surface area contributed by atoms with E-state index in [2.05, 4.69) is 20.2 Å². The van der Waals surface area contributed by atoms with Crippen molar-refractivity contribution in [2.45, 2.75) is 19.8 Å². The molecule has 7 nitrogen and oxygen atoms in total. The van der Waals surface area contributed by atoms with Crippen molar-refractivity contribution in [3.63, 3.8) is 0 Å². The number of halogens is 1. The van der Waals surface area contributed by atoms with Crippen LogP contribution in [0.4, 0.5) is 11.5 Å². The van der Waals surface area contributed by atoms with Crippen LogP contribution in [0.25, 0.3) is 0 Å². The average Bonchev–Trinajstić information content (AvgIpc) is 2.80. The normalized spacial score (nSPS) is 15.7.